The number of hydrogen-bond acceptors (Lipinski definition) is 4. The molecule has 4 heteroatoms. The van der Waals surface area contributed by atoms with Gasteiger partial charge in [0.25, 0.3) is 0 Å². The van der Waals surface area contributed by atoms with Crippen molar-refractivity contribution in [3.05, 3.63) is 0 Å². The van der Waals surface area contributed by atoms with Crippen molar-refractivity contribution >= 4 is 5.97 Å². The number of rotatable bonds is 2. The summed E-state index contributed by atoms with van der Waals surface area (Å²) in [6.07, 6.45) is 1.82. The van der Waals surface area contributed by atoms with Crippen LogP contribution in [0.2, 0.25) is 0 Å². The lowest BCUT2D eigenvalue weighted by atomic mass is 9.95. The van der Waals surface area contributed by atoms with Gasteiger partial charge < -0.3 is 14.7 Å². The Morgan fingerprint density at radius 1 is 1.50 bits per heavy atom. The second-order valence-corrected chi connectivity index (χ2v) is 3.91. The largest absolute Gasteiger partial charge is 0.464 e. The van der Waals surface area contributed by atoms with Crippen molar-refractivity contribution in [2.45, 2.75) is 31.8 Å². The topological polar surface area (TPSA) is 49.8 Å². The molecule has 0 aliphatic carbocycles. The first-order valence-electron chi connectivity index (χ1n) is 5.16. The van der Waals surface area contributed by atoms with E-state index in [1.807, 2.05) is 7.05 Å². The quantitative estimate of drug-likeness (QED) is 0.657. The van der Waals surface area contributed by atoms with Gasteiger partial charge in [-0.2, -0.15) is 0 Å². The molecule has 1 atom stereocenters. The van der Waals surface area contributed by atoms with Crippen molar-refractivity contribution in [3.8, 4) is 0 Å². The van der Waals surface area contributed by atoms with Crippen molar-refractivity contribution in [2.75, 3.05) is 26.7 Å². The number of nitrogens with zero attached hydrogens (tertiary/aromatic N) is 1. The first kappa shape index (κ1) is 11.5. The van der Waals surface area contributed by atoms with Crippen LogP contribution in [0.3, 0.4) is 0 Å². The van der Waals surface area contributed by atoms with E-state index in [0.29, 0.717) is 19.4 Å². The molecule has 1 heterocycles. The molecule has 4 nitrogen and oxygen atoms in total. The van der Waals surface area contributed by atoms with E-state index >= 15 is 0 Å². The Hall–Kier alpha value is -0.610. The molecule has 0 bridgehead atoms. The molecule has 0 aromatic carbocycles. The third-order valence-corrected chi connectivity index (χ3v) is 2.69. The number of hydrogen-bond donors (Lipinski definition) is 1. The van der Waals surface area contributed by atoms with Crippen molar-refractivity contribution in [1.29, 1.82) is 0 Å². The van der Waals surface area contributed by atoms with Crippen molar-refractivity contribution in [3.63, 3.8) is 0 Å². The van der Waals surface area contributed by atoms with E-state index in [4.69, 9.17) is 4.74 Å². The fraction of sp³-hybridized carbons (Fsp3) is 0.900. The highest BCUT2D eigenvalue weighted by Gasteiger charge is 2.38. The van der Waals surface area contributed by atoms with Crippen LogP contribution in [0.5, 0.6) is 0 Å². The first-order valence-corrected chi connectivity index (χ1v) is 5.16. The Balaban J connectivity index is 2.58. The molecule has 1 rings (SSSR count). The Morgan fingerprint density at radius 3 is 2.86 bits per heavy atom. The third kappa shape index (κ3) is 2.69. The molecular formula is C10H19NO3. The molecule has 1 saturated heterocycles. The summed E-state index contributed by atoms with van der Waals surface area (Å²) < 4.78 is 4.87. The summed E-state index contributed by atoms with van der Waals surface area (Å²) in [6.45, 7) is 3.76. The van der Waals surface area contributed by atoms with Crippen LogP contribution >= 0.6 is 0 Å². The van der Waals surface area contributed by atoms with Gasteiger partial charge >= 0.3 is 5.97 Å². The van der Waals surface area contributed by atoms with E-state index in [2.05, 4.69) is 4.90 Å². The van der Waals surface area contributed by atoms with E-state index in [-0.39, 0.29) is 0 Å². The van der Waals surface area contributed by atoms with Gasteiger partial charge in [-0.1, -0.05) is 0 Å². The molecule has 1 aliphatic rings. The molecule has 0 aromatic heterocycles. The Morgan fingerprint density at radius 2 is 2.21 bits per heavy atom. The summed E-state index contributed by atoms with van der Waals surface area (Å²) in [6, 6.07) is 0. The molecule has 0 radical (unpaired) electrons. The summed E-state index contributed by atoms with van der Waals surface area (Å²) >= 11 is 0. The Labute approximate surface area is 84.8 Å². The minimum atomic E-state index is -1.25. The first-order chi connectivity index (χ1) is 6.58. The van der Waals surface area contributed by atoms with Crippen LogP contribution in [-0.4, -0.2) is 48.3 Å². The maximum atomic E-state index is 11.5. The van der Waals surface area contributed by atoms with Crippen molar-refractivity contribution < 1.29 is 14.6 Å². The molecule has 1 aliphatic heterocycles. The van der Waals surface area contributed by atoms with Crippen LogP contribution in [0.15, 0.2) is 0 Å². The standard InChI is InChI=1S/C10H19NO3/c1-3-14-9(12)10(13)5-4-7-11(2)8-6-10/h13H,3-8H2,1-2H3. The smallest absolute Gasteiger partial charge is 0.338 e. The second kappa shape index (κ2) is 4.75. The van der Waals surface area contributed by atoms with Gasteiger partial charge in [-0.15, -0.1) is 0 Å². The zero-order chi connectivity index (χ0) is 10.6. The average molecular weight is 201 g/mol. The molecular weight excluding hydrogens is 182 g/mol. The highest BCUT2D eigenvalue weighted by Crippen LogP contribution is 2.23. The van der Waals surface area contributed by atoms with Gasteiger partial charge in [-0.05, 0) is 39.8 Å². The predicted molar refractivity (Wildman–Crippen MR) is 52.9 cm³/mol. The van der Waals surface area contributed by atoms with Gasteiger partial charge in [-0.25, -0.2) is 4.79 Å². The van der Waals surface area contributed by atoms with Crippen molar-refractivity contribution in [1.82, 2.24) is 4.90 Å². The second-order valence-electron chi connectivity index (χ2n) is 3.91. The normalized spacial score (nSPS) is 29.6. The molecule has 0 saturated carbocycles. The number of carbonyl (C=O) groups is 1. The van der Waals surface area contributed by atoms with E-state index in [0.717, 1.165) is 19.5 Å². The maximum absolute atomic E-state index is 11.5. The van der Waals surface area contributed by atoms with Gasteiger partial charge in [0.1, 0.15) is 0 Å². The van der Waals surface area contributed by atoms with Gasteiger partial charge in [-0.3, -0.25) is 0 Å². The molecule has 0 spiro atoms. The van der Waals surface area contributed by atoms with Gasteiger partial charge in [0.05, 0.1) is 6.61 Å². The molecule has 0 amide bonds. The summed E-state index contributed by atoms with van der Waals surface area (Å²) in [5.41, 5.74) is -1.25. The van der Waals surface area contributed by atoms with E-state index in [1.54, 1.807) is 6.92 Å². The lowest BCUT2D eigenvalue weighted by Gasteiger charge is -2.23. The number of carbonyl (C=O) groups excluding carboxylic acids is 1. The van der Waals surface area contributed by atoms with Crippen LogP contribution in [-0.2, 0) is 9.53 Å². The summed E-state index contributed by atoms with van der Waals surface area (Å²) in [7, 11) is 2.00. The van der Waals surface area contributed by atoms with E-state index < -0.39 is 11.6 Å². The monoisotopic (exact) mass is 201 g/mol. The van der Waals surface area contributed by atoms with E-state index in [9.17, 15) is 9.90 Å². The number of esters is 1. The average Bonchev–Trinajstić information content (AvgIpc) is 2.30. The molecule has 14 heavy (non-hydrogen) atoms. The van der Waals surface area contributed by atoms with Crippen LogP contribution in [0, 0.1) is 0 Å². The summed E-state index contributed by atoms with van der Waals surface area (Å²) in [5, 5.41) is 10.1. The van der Waals surface area contributed by atoms with Gasteiger partial charge in [0.2, 0.25) is 0 Å². The highest BCUT2D eigenvalue weighted by atomic mass is 16.5. The molecule has 1 fully saturated rings. The fourth-order valence-electron chi connectivity index (χ4n) is 1.72. The SMILES string of the molecule is CCOC(=O)C1(O)CCCN(C)CC1. The number of likely N-dealkylation sites (tertiary alicyclic amines) is 1. The van der Waals surface area contributed by atoms with Crippen LogP contribution in [0.1, 0.15) is 26.2 Å². The Bertz CT molecular complexity index is 208. The summed E-state index contributed by atoms with van der Waals surface area (Å²) in [4.78, 5) is 13.6. The maximum Gasteiger partial charge on any atom is 0.338 e. The third-order valence-electron chi connectivity index (χ3n) is 2.69. The zero-order valence-corrected chi connectivity index (χ0v) is 8.95. The van der Waals surface area contributed by atoms with E-state index in [1.165, 1.54) is 0 Å². The molecule has 1 N–H and O–H groups in total. The van der Waals surface area contributed by atoms with Crippen LogP contribution in [0.25, 0.3) is 0 Å². The van der Waals surface area contributed by atoms with Gasteiger partial charge in [0.15, 0.2) is 5.60 Å². The van der Waals surface area contributed by atoms with Crippen molar-refractivity contribution in [2.24, 2.45) is 0 Å². The lowest BCUT2D eigenvalue weighted by molar-refractivity contribution is -0.166. The van der Waals surface area contributed by atoms with Gasteiger partial charge in [0, 0.05) is 6.54 Å². The summed E-state index contributed by atoms with van der Waals surface area (Å²) in [5.74, 6) is -0.463. The minimum Gasteiger partial charge on any atom is -0.464 e. The molecule has 82 valence electrons. The molecule has 1 unspecified atom stereocenters. The minimum absolute atomic E-state index is 0.330. The molecule has 0 aromatic rings. The lowest BCUT2D eigenvalue weighted by Crippen LogP contribution is -2.40. The Kier molecular flexibility index (Phi) is 3.89. The van der Waals surface area contributed by atoms with Crippen LogP contribution in [0.4, 0.5) is 0 Å². The number of ether oxygens (including phenoxy) is 1. The fourth-order valence-corrected chi connectivity index (χ4v) is 1.72. The predicted octanol–water partition coefficient (Wildman–Crippen LogP) is 0.396. The van der Waals surface area contributed by atoms with Crippen LogP contribution < -0.4 is 0 Å². The number of aliphatic hydroxyl groups is 1. The highest BCUT2D eigenvalue weighted by molar-refractivity contribution is 5.79. The zero-order valence-electron chi connectivity index (χ0n) is 8.95.